The number of carbonyl (C=O) groups is 1. The fraction of sp³-hybridized carbons (Fsp3) is 0.500. The molecule has 1 aliphatic heterocycles. The number of benzene rings is 1. The number of hydrogen-bond acceptors (Lipinski definition) is 3. The molecule has 3 N–H and O–H groups in total. The first-order chi connectivity index (χ1) is 9.00. The molecule has 1 atom stereocenters. The van der Waals surface area contributed by atoms with E-state index in [0.717, 1.165) is 19.4 Å². The first-order valence-corrected chi connectivity index (χ1v) is 6.41. The van der Waals surface area contributed by atoms with E-state index in [1.165, 1.54) is 18.2 Å². The maximum absolute atomic E-state index is 13.7. The Morgan fingerprint density at radius 1 is 1.58 bits per heavy atom. The van der Waals surface area contributed by atoms with E-state index < -0.39 is 5.91 Å². The smallest absolute Gasteiger partial charge is 0.248 e. The van der Waals surface area contributed by atoms with Crippen molar-refractivity contribution in [3.05, 3.63) is 35.1 Å². The van der Waals surface area contributed by atoms with Crippen molar-refractivity contribution in [3.8, 4) is 0 Å². The molecule has 1 aliphatic rings. The van der Waals surface area contributed by atoms with Crippen molar-refractivity contribution in [1.82, 2.24) is 5.32 Å². The van der Waals surface area contributed by atoms with Crippen LogP contribution in [0.3, 0.4) is 0 Å². The van der Waals surface area contributed by atoms with Crippen LogP contribution in [0.1, 0.15) is 35.7 Å². The van der Waals surface area contributed by atoms with E-state index in [9.17, 15) is 9.18 Å². The number of carbonyl (C=O) groups excluding carboxylic acids is 1. The largest absolute Gasteiger partial charge is 0.380 e. The number of nitrogens with two attached hydrogens (primary N) is 1. The quantitative estimate of drug-likeness (QED) is 0.869. The molecule has 1 unspecified atom stereocenters. The van der Waals surface area contributed by atoms with Gasteiger partial charge in [-0.25, -0.2) is 4.39 Å². The lowest BCUT2D eigenvalue weighted by atomic mass is 9.94. The van der Waals surface area contributed by atoms with E-state index in [1.807, 2.05) is 0 Å². The van der Waals surface area contributed by atoms with Crippen LogP contribution in [0.4, 0.5) is 4.39 Å². The highest BCUT2D eigenvalue weighted by Gasteiger charge is 2.27. The standard InChI is InChI=1S/C14H19FN2O2/c1-14(5-2-6-19-9-14)17-8-11-7-10(13(16)18)3-4-12(11)15/h3-4,7,17H,2,5-6,8-9H2,1H3,(H2,16,18). The lowest BCUT2D eigenvalue weighted by molar-refractivity contribution is 0.0276. The highest BCUT2D eigenvalue weighted by atomic mass is 19.1. The Kier molecular flexibility index (Phi) is 4.17. The molecule has 2 rings (SSSR count). The summed E-state index contributed by atoms with van der Waals surface area (Å²) in [6.07, 6.45) is 1.98. The molecule has 0 saturated carbocycles. The fourth-order valence-electron chi connectivity index (χ4n) is 2.25. The number of nitrogens with one attached hydrogen (secondary N) is 1. The zero-order chi connectivity index (χ0) is 13.9. The van der Waals surface area contributed by atoms with Crippen molar-refractivity contribution in [1.29, 1.82) is 0 Å². The second kappa shape index (κ2) is 5.67. The molecule has 0 aromatic heterocycles. The second-order valence-corrected chi connectivity index (χ2v) is 5.24. The van der Waals surface area contributed by atoms with Gasteiger partial charge in [0.05, 0.1) is 6.61 Å². The molecule has 104 valence electrons. The Morgan fingerprint density at radius 2 is 2.37 bits per heavy atom. The van der Waals surface area contributed by atoms with Crippen molar-refractivity contribution in [2.45, 2.75) is 31.8 Å². The molecule has 1 aromatic rings. The van der Waals surface area contributed by atoms with Gasteiger partial charge in [-0.2, -0.15) is 0 Å². The van der Waals surface area contributed by atoms with Crippen LogP contribution in [0.5, 0.6) is 0 Å². The summed E-state index contributed by atoms with van der Waals surface area (Å²) in [5.41, 5.74) is 5.82. The van der Waals surface area contributed by atoms with E-state index in [-0.39, 0.29) is 11.4 Å². The highest BCUT2D eigenvalue weighted by molar-refractivity contribution is 5.92. The van der Waals surface area contributed by atoms with Crippen LogP contribution in [0, 0.1) is 5.82 Å². The molecular formula is C14H19FN2O2. The molecule has 1 aromatic carbocycles. The first kappa shape index (κ1) is 14.0. The Morgan fingerprint density at radius 3 is 3.00 bits per heavy atom. The van der Waals surface area contributed by atoms with Crippen LogP contribution in [-0.2, 0) is 11.3 Å². The first-order valence-electron chi connectivity index (χ1n) is 6.41. The van der Waals surface area contributed by atoms with Crippen molar-refractivity contribution in [2.75, 3.05) is 13.2 Å². The molecule has 0 radical (unpaired) electrons. The van der Waals surface area contributed by atoms with E-state index in [2.05, 4.69) is 12.2 Å². The van der Waals surface area contributed by atoms with Crippen molar-refractivity contribution >= 4 is 5.91 Å². The molecule has 1 amide bonds. The predicted molar refractivity (Wildman–Crippen MR) is 70.2 cm³/mol. The number of halogens is 1. The summed E-state index contributed by atoms with van der Waals surface area (Å²) in [4.78, 5) is 11.1. The lowest BCUT2D eigenvalue weighted by Crippen LogP contribution is -2.48. The zero-order valence-corrected chi connectivity index (χ0v) is 11.0. The third-order valence-electron chi connectivity index (χ3n) is 3.47. The normalized spacial score (nSPS) is 23.3. The average molecular weight is 266 g/mol. The van der Waals surface area contributed by atoms with Gasteiger partial charge >= 0.3 is 0 Å². The number of amides is 1. The third kappa shape index (κ3) is 3.52. The second-order valence-electron chi connectivity index (χ2n) is 5.24. The number of rotatable bonds is 4. The lowest BCUT2D eigenvalue weighted by Gasteiger charge is -2.34. The van der Waals surface area contributed by atoms with Gasteiger partial charge in [-0.1, -0.05) is 0 Å². The van der Waals surface area contributed by atoms with Crippen LogP contribution < -0.4 is 11.1 Å². The maximum Gasteiger partial charge on any atom is 0.248 e. The molecule has 0 spiro atoms. The molecule has 1 fully saturated rings. The van der Waals surface area contributed by atoms with Crippen LogP contribution in [0.2, 0.25) is 0 Å². The van der Waals surface area contributed by atoms with Gasteiger partial charge in [0.1, 0.15) is 5.82 Å². The number of primary amides is 1. The van der Waals surface area contributed by atoms with E-state index in [1.54, 1.807) is 0 Å². The van der Waals surface area contributed by atoms with Crippen molar-refractivity contribution < 1.29 is 13.9 Å². The van der Waals surface area contributed by atoms with Crippen LogP contribution in [0.15, 0.2) is 18.2 Å². The van der Waals surface area contributed by atoms with Crippen molar-refractivity contribution in [2.24, 2.45) is 5.73 Å². The third-order valence-corrected chi connectivity index (χ3v) is 3.47. The summed E-state index contributed by atoms with van der Waals surface area (Å²) < 4.78 is 19.1. The van der Waals surface area contributed by atoms with Gasteiger partial charge in [0, 0.05) is 29.8 Å². The molecule has 5 heteroatoms. The SMILES string of the molecule is CC1(NCc2cc(C(N)=O)ccc2F)CCCOC1. The molecule has 4 nitrogen and oxygen atoms in total. The van der Waals surface area contributed by atoms with Gasteiger partial charge in [0.15, 0.2) is 0 Å². The van der Waals surface area contributed by atoms with Gasteiger partial charge in [-0.05, 0) is 38.0 Å². The monoisotopic (exact) mass is 266 g/mol. The van der Waals surface area contributed by atoms with Gasteiger partial charge in [-0.3, -0.25) is 4.79 Å². The molecule has 19 heavy (non-hydrogen) atoms. The summed E-state index contributed by atoms with van der Waals surface area (Å²) >= 11 is 0. The van der Waals surface area contributed by atoms with E-state index in [0.29, 0.717) is 24.3 Å². The van der Waals surface area contributed by atoms with E-state index in [4.69, 9.17) is 10.5 Å². The van der Waals surface area contributed by atoms with Gasteiger partial charge < -0.3 is 15.8 Å². The minimum absolute atomic E-state index is 0.145. The van der Waals surface area contributed by atoms with Gasteiger partial charge in [-0.15, -0.1) is 0 Å². The van der Waals surface area contributed by atoms with Crippen LogP contribution >= 0.6 is 0 Å². The van der Waals surface area contributed by atoms with Crippen LogP contribution in [0.25, 0.3) is 0 Å². The summed E-state index contributed by atoms with van der Waals surface area (Å²) in [5.74, 6) is -0.883. The topological polar surface area (TPSA) is 64.3 Å². The Labute approximate surface area is 112 Å². The number of hydrogen-bond donors (Lipinski definition) is 2. The minimum Gasteiger partial charge on any atom is -0.380 e. The highest BCUT2D eigenvalue weighted by Crippen LogP contribution is 2.19. The summed E-state index contributed by atoms with van der Waals surface area (Å²) in [6.45, 7) is 3.81. The molecule has 1 saturated heterocycles. The van der Waals surface area contributed by atoms with E-state index >= 15 is 0 Å². The predicted octanol–water partition coefficient (Wildman–Crippen LogP) is 1.58. The molecule has 0 bridgehead atoms. The average Bonchev–Trinajstić information content (AvgIpc) is 2.38. The maximum atomic E-state index is 13.7. The molecular weight excluding hydrogens is 247 g/mol. The Bertz CT molecular complexity index is 471. The van der Waals surface area contributed by atoms with Crippen LogP contribution in [-0.4, -0.2) is 24.7 Å². The Balaban J connectivity index is 2.06. The molecule has 1 heterocycles. The van der Waals surface area contributed by atoms with Crippen molar-refractivity contribution in [3.63, 3.8) is 0 Å². The summed E-state index contributed by atoms with van der Waals surface area (Å²) in [5, 5.41) is 3.30. The van der Waals surface area contributed by atoms with Gasteiger partial charge in [0.2, 0.25) is 5.91 Å². The fourth-order valence-corrected chi connectivity index (χ4v) is 2.25. The molecule has 0 aliphatic carbocycles. The summed E-state index contributed by atoms with van der Waals surface area (Å²) in [7, 11) is 0. The number of ether oxygens (including phenoxy) is 1. The zero-order valence-electron chi connectivity index (χ0n) is 11.0. The minimum atomic E-state index is -0.548. The Hall–Kier alpha value is -1.46. The summed E-state index contributed by atoms with van der Waals surface area (Å²) in [6, 6.07) is 4.17. The van der Waals surface area contributed by atoms with Gasteiger partial charge in [0.25, 0.3) is 0 Å².